The number of nitrogens with zero attached hydrogens (tertiary/aromatic N) is 4. The molecule has 174 valence electrons. The Balaban J connectivity index is 1.33. The highest BCUT2D eigenvalue weighted by Crippen LogP contribution is 2.41. The Morgan fingerprint density at radius 2 is 2.03 bits per heavy atom. The van der Waals surface area contributed by atoms with E-state index in [0.29, 0.717) is 16.6 Å². The van der Waals surface area contributed by atoms with Gasteiger partial charge in [-0.2, -0.15) is 13.2 Å². The summed E-state index contributed by atoms with van der Waals surface area (Å²) in [5, 5.41) is 7.04. The number of alkyl halides is 3. The van der Waals surface area contributed by atoms with Crippen LogP contribution >= 0.6 is 0 Å². The number of H-pyrrole nitrogens is 1. The molecule has 33 heavy (non-hydrogen) atoms. The van der Waals surface area contributed by atoms with E-state index < -0.39 is 11.7 Å². The molecule has 3 aromatic heterocycles. The number of aromatic amines is 1. The van der Waals surface area contributed by atoms with Crippen LogP contribution in [0.15, 0.2) is 24.5 Å². The topological polar surface area (TPSA) is 91.0 Å². The summed E-state index contributed by atoms with van der Waals surface area (Å²) in [4.78, 5) is 18.1. The molecule has 0 aromatic carbocycles. The van der Waals surface area contributed by atoms with Crippen molar-refractivity contribution in [3.05, 3.63) is 30.1 Å². The minimum Gasteiger partial charge on any atom is -0.380 e. The second kappa shape index (κ2) is 7.56. The van der Waals surface area contributed by atoms with Crippen molar-refractivity contribution in [2.45, 2.75) is 25.1 Å². The predicted octanol–water partition coefficient (Wildman–Crippen LogP) is 3.04. The molecular formula is C22H24F3N7O. The molecule has 0 bridgehead atoms. The van der Waals surface area contributed by atoms with Crippen molar-refractivity contribution in [2.75, 3.05) is 49.6 Å². The van der Waals surface area contributed by atoms with Crippen molar-refractivity contribution in [3.63, 3.8) is 0 Å². The number of rotatable bonds is 4. The maximum absolute atomic E-state index is 13.8. The molecule has 3 aromatic rings. The van der Waals surface area contributed by atoms with E-state index in [2.05, 4.69) is 35.5 Å². The first-order valence-corrected chi connectivity index (χ1v) is 11.1. The molecule has 0 amide bonds. The van der Waals surface area contributed by atoms with Crippen LogP contribution in [-0.4, -0.2) is 65.4 Å². The molecule has 0 saturated carbocycles. The molecule has 0 aliphatic carbocycles. The molecule has 0 radical (unpaired) electrons. The molecule has 3 aliphatic rings. The summed E-state index contributed by atoms with van der Waals surface area (Å²) in [6.45, 7) is 4.99. The Bertz CT molecular complexity index is 1180. The van der Waals surface area contributed by atoms with Crippen LogP contribution in [0, 0.1) is 5.41 Å². The molecule has 6 heterocycles. The minimum atomic E-state index is -4.58. The molecule has 3 aliphatic heterocycles. The molecule has 3 fully saturated rings. The lowest BCUT2D eigenvalue weighted by Crippen LogP contribution is -2.66. The first-order valence-electron chi connectivity index (χ1n) is 11.1. The van der Waals surface area contributed by atoms with Crippen molar-refractivity contribution in [3.8, 4) is 11.3 Å². The summed E-state index contributed by atoms with van der Waals surface area (Å²) < 4.78 is 46.8. The third kappa shape index (κ3) is 3.68. The van der Waals surface area contributed by atoms with Gasteiger partial charge in [-0.05, 0) is 31.5 Å². The van der Waals surface area contributed by atoms with Crippen LogP contribution in [-0.2, 0) is 10.9 Å². The first kappa shape index (κ1) is 20.7. The van der Waals surface area contributed by atoms with Crippen LogP contribution in [0.1, 0.15) is 18.4 Å². The van der Waals surface area contributed by atoms with Gasteiger partial charge in [0.25, 0.3) is 0 Å². The smallest absolute Gasteiger partial charge is 0.380 e. The van der Waals surface area contributed by atoms with E-state index in [1.54, 1.807) is 6.20 Å². The monoisotopic (exact) mass is 459 g/mol. The first-order chi connectivity index (χ1) is 15.9. The van der Waals surface area contributed by atoms with E-state index in [9.17, 15) is 13.2 Å². The van der Waals surface area contributed by atoms with Crippen LogP contribution in [0.25, 0.3) is 22.3 Å². The largest absolute Gasteiger partial charge is 0.419 e. The Labute approximate surface area is 188 Å². The van der Waals surface area contributed by atoms with Crippen LogP contribution in [0.4, 0.5) is 24.9 Å². The normalized spacial score (nSPS) is 22.3. The second-order valence-electron chi connectivity index (χ2n) is 9.26. The number of anilines is 2. The van der Waals surface area contributed by atoms with E-state index in [1.807, 2.05) is 12.1 Å². The van der Waals surface area contributed by atoms with Gasteiger partial charge >= 0.3 is 6.18 Å². The molecule has 3 saturated heterocycles. The zero-order valence-corrected chi connectivity index (χ0v) is 17.9. The predicted molar refractivity (Wildman–Crippen MR) is 117 cm³/mol. The van der Waals surface area contributed by atoms with Crippen LogP contribution in [0.5, 0.6) is 0 Å². The van der Waals surface area contributed by atoms with Gasteiger partial charge in [-0.25, -0.2) is 15.0 Å². The Hall–Kier alpha value is -2.92. The van der Waals surface area contributed by atoms with Gasteiger partial charge in [0.15, 0.2) is 0 Å². The highest BCUT2D eigenvalue weighted by atomic mass is 19.4. The molecule has 1 atom stereocenters. The molecule has 11 heteroatoms. The van der Waals surface area contributed by atoms with Gasteiger partial charge in [-0.15, -0.1) is 0 Å². The molecular weight excluding hydrogens is 435 g/mol. The highest BCUT2D eigenvalue weighted by Gasteiger charge is 2.49. The molecule has 6 rings (SSSR count). The van der Waals surface area contributed by atoms with E-state index in [-0.39, 0.29) is 23.1 Å². The Morgan fingerprint density at radius 3 is 2.73 bits per heavy atom. The van der Waals surface area contributed by atoms with E-state index in [4.69, 9.17) is 4.74 Å². The second-order valence-corrected chi connectivity index (χ2v) is 9.26. The van der Waals surface area contributed by atoms with Crippen molar-refractivity contribution in [1.82, 2.24) is 25.3 Å². The van der Waals surface area contributed by atoms with Crippen molar-refractivity contribution in [2.24, 2.45) is 5.41 Å². The van der Waals surface area contributed by atoms with Crippen molar-refractivity contribution >= 4 is 22.8 Å². The SMILES string of the molecule is FC(F)(F)c1cnc(NC2CCCNC2)nc1-c1c[nH]c2nc(N3CC4(COC4)C3)ccc12. The van der Waals surface area contributed by atoms with Crippen molar-refractivity contribution in [1.29, 1.82) is 0 Å². The van der Waals surface area contributed by atoms with Gasteiger partial charge < -0.3 is 25.3 Å². The fraction of sp³-hybridized carbons (Fsp3) is 0.500. The number of piperidine rings is 1. The third-order valence-corrected chi connectivity index (χ3v) is 6.70. The summed E-state index contributed by atoms with van der Waals surface area (Å²) in [6, 6.07) is 3.75. The zero-order valence-electron chi connectivity index (χ0n) is 17.9. The highest BCUT2D eigenvalue weighted by molar-refractivity contribution is 5.94. The van der Waals surface area contributed by atoms with E-state index in [0.717, 1.165) is 64.2 Å². The maximum atomic E-state index is 13.8. The number of halogens is 3. The number of hydrogen-bond donors (Lipinski definition) is 3. The minimum absolute atomic E-state index is 0.0800. The molecule has 1 spiro atoms. The lowest BCUT2D eigenvalue weighted by molar-refractivity contribution is -0.137. The fourth-order valence-electron chi connectivity index (χ4n) is 4.89. The Kier molecular flexibility index (Phi) is 4.73. The summed E-state index contributed by atoms with van der Waals surface area (Å²) >= 11 is 0. The maximum Gasteiger partial charge on any atom is 0.419 e. The van der Waals surface area contributed by atoms with Crippen LogP contribution in [0.2, 0.25) is 0 Å². The Morgan fingerprint density at radius 1 is 1.18 bits per heavy atom. The molecule has 8 nitrogen and oxygen atoms in total. The fourth-order valence-corrected chi connectivity index (χ4v) is 4.89. The van der Waals surface area contributed by atoms with Gasteiger partial charge in [0.2, 0.25) is 5.95 Å². The van der Waals surface area contributed by atoms with E-state index >= 15 is 0 Å². The third-order valence-electron chi connectivity index (χ3n) is 6.70. The summed E-state index contributed by atoms with van der Waals surface area (Å²) in [5.41, 5.74) is 0.118. The number of ether oxygens (including phenoxy) is 1. The zero-order chi connectivity index (χ0) is 22.6. The number of hydrogen-bond acceptors (Lipinski definition) is 7. The van der Waals surface area contributed by atoms with Gasteiger partial charge in [-0.1, -0.05) is 0 Å². The quantitative estimate of drug-likeness (QED) is 0.553. The number of pyridine rings is 1. The standard InChI is InChI=1S/C22H24F3N7O/c23-22(24,25)16-8-28-20(29-13-2-1-5-26-6-13)31-18(16)15-7-27-19-14(15)3-4-17(30-19)32-9-21(10-32)11-33-12-21/h3-4,7-8,13,26H,1-2,5-6,9-12H2,(H,27,30)(H,28,29,31). The average Bonchev–Trinajstić information content (AvgIpc) is 3.15. The number of fused-ring (bicyclic) bond motifs is 1. The van der Waals surface area contributed by atoms with Gasteiger partial charge in [0.05, 0.1) is 24.3 Å². The lowest BCUT2D eigenvalue weighted by atomic mass is 9.78. The summed E-state index contributed by atoms with van der Waals surface area (Å²) in [5.74, 6) is 0.999. The summed E-state index contributed by atoms with van der Waals surface area (Å²) in [7, 11) is 0. The van der Waals surface area contributed by atoms with E-state index in [1.165, 1.54) is 0 Å². The number of aromatic nitrogens is 4. The van der Waals surface area contributed by atoms with Crippen LogP contribution < -0.4 is 15.5 Å². The van der Waals surface area contributed by atoms with Gasteiger partial charge in [0, 0.05) is 49.0 Å². The van der Waals surface area contributed by atoms with Gasteiger partial charge in [-0.3, -0.25) is 0 Å². The molecule has 1 unspecified atom stereocenters. The summed E-state index contributed by atoms with van der Waals surface area (Å²) in [6.07, 6.45) is -0.263. The van der Waals surface area contributed by atoms with Crippen molar-refractivity contribution < 1.29 is 17.9 Å². The molecule has 3 N–H and O–H groups in total. The average molecular weight is 459 g/mol. The number of nitrogens with one attached hydrogen (secondary N) is 3. The lowest BCUT2D eigenvalue weighted by Gasteiger charge is -2.55. The van der Waals surface area contributed by atoms with Gasteiger partial charge in [0.1, 0.15) is 17.0 Å². The van der Waals surface area contributed by atoms with Crippen LogP contribution in [0.3, 0.4) is 0 Å².